The molecule has 1 aromatic rings. The van der Waals surface area contributed by atoms with Crippen LogP contribution in [0.2, 0.25) is 0 Å². The Morgan fingerprint density at radius 3 is 2.52 bits per heavy atom. The van der Waals surface area contributed by atoms with Crippen molar-refractivity contribution in [1.82, 2.24) is 16.0 Å². The molecule has 0 bridgehead atoms. The fourth-order valence-corrected chi connectivity index (χ4v) is 2.96. The van der Waals surface area contributed by atoms with E-state index in [0.717, 1.165) is 16.1 Å². The van der Waals surface area contributed by atoms with Gasteiger partial charge in [-0.1, -0.05) is 15.9 Å². The first-order chi connectivity index (χ1) is 9.66. The van der Waals surface area contributed by atoms with Gasteiger partial charge in [0.1, 0.15) is 0 Å². The third kappa shape index (κ3) is 5.86. The smallest absolute Gasteiger partial charge is 0.251 e. The summed E-state index contributed by atoms with van der Waals surface area (Å²) in [5.74, 6) is 1.48. The molecule has 1 heterocycles. The Labute approximate surface area is 142 Å². The number of thioether (sulfide) groups is 1. The normalized spacial score (nSPS) is 16.9. The summed E-state index contributed by atoms with van der Waals surface area (Å²) in [6.07, 6.45) is 0. The van der Waals surface area contributed by atoms with Crippen molar-refractivity contribution in [2.45, 2.75) is 6.04 Å². The minimum absolute atomic E-state index is 0. The first kappa shape index (κ1) is 18.3. The average molecular weight is 395 g/mol. The molecular weight excluding hydrogens is 378 g/mol. The van der Waals surface area contributed by atoms with Gasteiger partial charge in [-0.15, -0.1) is 24.2 Å². The molecule has 2 rings (SSSR count). The summed E-state index contributed by atoms with van der Waals surface area (Å²) in [5.41, 5.74) is 0.605. The van der Waals surface area contributed by atoms with E-state index < -0.39 is 0 Å². The van der Waals surface area contributed by atoms with Crippen LogP contribution in [0, 0.1) is 0 Å². The molecule has 0 aliphatic carbocycles. The highest BCUT2D eigenvalue weighted by atomic mass is 79.9. The van der Waals surface area contributed by atoms with Crippen LogP contribution in [0.25, 0.3) is 0 Å². The quantitative estimate of drug-likeness (QED) is 0.660. The molecule has 0 spiro atoms. The molecule has 1 fully saturated rings. The summed E-state index contributed by atoms with van der Waals surface area (Å²) >= 11 is 5.03. The van der Waals surface area contributed by atoms with E-state index >= 15 is 0 Å². The number of carbonyl (C=O) groups excluding carboxylic acids is 2. The summed E-state index contributed by atoms with van der Waals surface area (Å²) in [4.78, 5) is 23.5. The van der Waals surface area contributed by atoms with Crippen LogP contribution in [-0.2, 0) is 4.79 Å². The lowest BCUT2D eigenvalue weighted by atomic mass is 10.2. The van der Waals surface area contributed by atoms with Crippen LogP contribution in [-0.4, -0.2) is 42.6 Å². The van der Waals surface area contributed by atoms with Gasteiger partial charge < -0.3 is 10.6 Å². The Hall–Kier alpha value is -0.760. The van der Waals surface area contributed by atoms with Crippen LogP contribution in [0.3, 0.4) is 0 Å². The lowest BCUT2D eigenvalue weighted by molar-refractivity contribution is -0.122. The lowest BCUT2D eigenvalue weighted by Gasteiger charge is -2.11. The van der Waals surface area contributed by atoms with Crippen molar-refractivity contribution in [3.8, 4) is 0 Å². The third-order valence-electron chi connectivity index (χ3n) is 2.85. The predicted molar refractivity (Wildman–Crippen MR) is 91.0 cm³/mol. The van der Waals surface area contributed by atoms with E-state index in [4.69, 9.17) is 0 Å². The van der Waals surface area contributed by atoms with E-state index in [2.05, 4.69) is 31.9 Å². The SMILES string of the molecule is Cl.O=C(NCCNC(=O)C1CSCN1)c1ccc(Br)cc1. The zero-order chi connectivity index (χ0) is 14.4. The number of hydrogen-bond donors (Lipinski definition) is 3. The first-order valence-corrected chi connectivity index (χ1v) is 8.24. The van der Waals surface area contributed by atoms with Gasteiger partial charge in [-0.05, 0) is 24.3 Å². The van der Waals surface area contributed by atoms with Crippen molar-refractivity contribution in [2.24, 2.45) is 0 Å². The van der Waals surface area contributed by atoms with Gasteiger partial charge in [0.05, 0.1) is 6.04 Å². The van der Waals surface area contributed by atoms with E-state index in [-0.39, 0.29) is 30.3 Å². The second-order valence-corrected chi connectivity index (χ2v) is 6.27. The second-order valence-electron chi connectivity index (χ2n) is 4.33. The van der Waals surface area contributed by atoms with Crippen molar-refractivity contribution >= 4 is 51.9 Å². The number of halogens is 2. The minimum atomic E-state index is -0.138. The molecule has 1 unspecified atom stereocenters. The number of nitrogens with one attached hydrogen (secondary N) is 3. The lowest BCUT2D eigenvalue weighted by Crippen LogP contribution is -2.44. The van der Waals surface area contributed by atoms with E-state index in [0.29, 0.717) is 18.7 Å². The standard InChI is InChI=1S/C13H16BrN3O2S.ClH/c14-10-3-1-9(2-4-10)12(18)15-5-6-16-13(19)11-7-20-8-17-11;/h1-4,11,17H,5-8H2,(H,15,18)(H,16,19);1H. The van der Waals surface area contributed by atoms with Gasteiger partial charge in [0.25, 0.3) is 5.91 Å². The molecule has 0 aromatic heterocycles. The summed E-state index contributed by atoms with van der Waals surface area (Å²) in [6.45, 7) is 0.852. The maximum Gasteiger partial charge on any atom is 0.251 e. The molecule has 0 saturated carbocycles. The van der Waals surface area contributed by atoms with Crippen molar-refractivity contribution in [3.05, 3.63) is 34.3 Å². The van der Waals surface area contributed by atoms with Crippen molar-refractivity contribution in [3.63, 3.8) is 0 Å². The van der Waals surface area contributed by atoms with Gasteiger partial charge in [0, 0.05) is 34.8 Å². The fraction of sp³-hybridized carbons (Fsp3) is 0.385. The first-order valence-electron chi connectivity index (χ1n) is 6.29. The van der Waals surface area contributed by atoms with E-state index in [9.17, 15) is 9.59 Å². The molecule has 21 heavy (non-hydrogen) atoms. The molecule has 3 N–H and O–H groups in total. The van der Waals surface area contributed by atoms with E-state index in [1.165, 1.54) is 0 Å². The predicted octanol–water partition coefficient (Wildman–Crippen LogP) is 1.38. The minimum Gasteiger partial charge on any atom is -0.353 e. The molecule has 116 valence electrons. The maximum atomic E-state index is 11.8. The van der Waals surface area contributed by atoms with E-state index in [1.54, 1.807) is 23.9 Å². The Balaban J connectivity index is 0.00000220. The third-order valence-corrected chi connectivity index (χ3v) is 4.32. The zero-order valence-electron chi connectivity index (χ0n) is 11.2. The van der Waals surface area contributed by atoms with Crippen molar-refractivity contribution in [1.29, 1.82) is 0 Å². The molecule has 1 saturated heterocycles. The van der Waals surface area contributed by atoms with Crippen LogP contribution in [0.1, 0.15) is 10.4 Å². The second kappa shape index (κ2) is 9.30. The molecule has 1 aliphatic heterocycles. The van der Waals surface area contributed by atoms with Crippen LogP contribution < -0.4 is 16.0 Å². The zero-order valence-corrected chi connectivity index (χ0v) is 14.4. The summed E-state index contributed by atoms with van der Waals surface area (Å²) in [7, 11) is 0. The van der Waals surface area contributed by atoms with Crippen molar-refractivity contribution in [2.75, 3.05) is 24.7 Å². The number of hydrogen-bond acceptors (Lipinski definition) is 4. The highest BCUT2D eigenvalue weighted by Gasteiger charge is 2.21. The highest BCUT2D eigenvalue weighted by molar-refractivity contribution is 9.10. The van der Waals surface area contributed by atoms with Crippen LogP contribution in [0.5, 0.6) is 0 Å². The molecule has 8 heteroatoms. The summed E-state index contributed by atoms with van der Waals surface area (Å²) in [6, 6.07) is 7.03. The number of benzene rings is 1. The Morgan fingerprint density at radius 2 is 1.90 bits per heavy atom. The molecule has 1 aliphatic rings. The molecule has 5 nitrogen and oxygen atoms in total. The van der Waals surface area contributed by atoms with Crippen molar-refractivity contribution < 1.29 is 9.59 Å². The van der Waals surface area contributed by atoms with Gasteiger partial charge in [0.2, 0.25) is 5.91 Å². The van der Waals surface area contributed by atoms with Gasteiger partial charge >= 0.3 is 0 Å². The maximum absolute atomic E-state index is 11.8. The number of rotatable bonds is 5. The summed E-state index contributed by atoms with van der Waals surface area (Å²) < 4.78 is 0.934. The molecule has 1 aromatic carbocycles. The topological polar surface area (TPSA) is 70.2 Å². The van der Waals surface area contributed by atoms with Crippen LogP contribution >= 0.6 is 40.1 Å². The molecular formula is C13H17BrClN3O2S. The van der Waals surface area contributed by atoms with Crippen LogP contribution in [0.15, 0.2) is 28.7 Å². The average Bonchev–Trinajstić information content (AvgIpc) is 2.98. The molecule has 0 radical (unpaired) electrons. The Kier molecular flexibility index (Phi) is 8.10. The largest absolute Gasteiger partial charge is 0.353 e. The fourth-order valence-electron chi connectivity index (χ4n) is 1.75. The van der Waals surface area contributed by atoms with Crippen LogP contribution in [0.4, 0.5) is 0 Å². The number of carbonyl (C=O) groups is 2. The van der Waals surface area contributed by atoms with Gasteiger partial charge in [-0.25, -0.2) is 0 Å². The monoisotopic (exact) mass is 393 g/mol. The van der Waals surface area contributed by atoms with Gasteiger partial charge in [-0.2, -0.15) is 0 Å². The summed E-state index contributed by atoms with van der Waals surface area (Å²) in [5, 5.41) is 8.67. The number of amides is 2. The molecule has 2 amide bonds. The Bertz CT molecular complexity index is 481. The van der Waals surface area contributed by atoms with Gasteiger partial charge in [0.15, 0.2) is 0 Å². The highest BCUT2D eigenvalue weighted by Crippen LogP contribution is 2.10. The van der Waals surface area contributed by atoms with Gasteiger partial charge in [-0.3, -0.25) is 14.9 Å². The van der Waals surface area contributed by atoms with E-state index in [1.807, 2.05) is 12.1 Å². The Morgan fingerprint density at radius 1 is 1.24 bits per heavy atom. The molecule has 1 atom stereocenters.